The fraction of sp³-hybridized carbons (Fsp3) is 0.538. The Bertz CT molecular complexity index is 328. The van der Waals surface area contributed by atoms with Crippen LogP contribution in [0.15, 0.2) is 22.7 Å². The Labute approximate surface area is 106 Å². The maximum absolute atomic E-state index is 6.07. The molecule has 1 rings (SSSR count). The molecule has 0 fully saturated rings. The zero-order valence-electron chi connectivity index (χ0n) is 10.0. The molecule has 1 unspecified atom stereocenters. The van der Waals surface area contributed by atoms with Gasteiger partial charge in [-0.05, 0) is 46.5 Å². The number of unbranched alkanes of at least 4 members (excludes halogenated alkanes) is 1. The van der Waals surface area contributed by atoms with Crippen LogP contribution in [-0.4, -0.2) is 13.2 Å². The van der Waals surface area contributed by atoms with Crippen molar-refractivity contribution in [3.8, 4) is 5.75 Å². The van der Waals surface area contributed by atoms with Crippen molar-refractivity contribution in [3.05, 3.63) is 28.2 Å². The van der Waals surface area contributed by atoms with Gasteiger partial charge in [0.05, 0.1) is 11.6 Å². The molecule has 0 aliphatic rings. The maximum Gasteiger partial charge on any atom is 0.133 e. The second kappa shape index (κ2) is 6.92. The van der Waals surface area contributed by atoms with Gasteiger partial charge in [0.2, 0.25) is 0 Å². The quantitative estimate of drug-likeness (QED) is 0.868. The Morgan fingerprint density at radius 3 is 2.75 bits per heavy atom. The molecule has 2 N–H and O–H groups in total. The standard InChI is InChI=1S/C13H20BrNO/c1-3-4-5-11(15)8-10-6-7-13(16-2)12(14)9-10/h6-7,9,11H,3-5,8,15H2,1-2H3. The number of methoxy groups -OCH3 is 1. The summed E-state index contributed by atoms with van der Waals surface area (Å²) in [6.45, 7) is 2.19. The summed E-state index contributed by atoms with van der Waals surface area (Å²) in [7, 11) is 1.67. The molecule has 1 aromatic carbocycles. The van der Waals surface area contributed by atoms with Gasteiger partial charge < -0.3 is 10.5 Å². The molecule has 0 radical (unpaired) electrons. The van der Waals surface area contributed by atoms with Gasteiger partial charge in [-0.1, -0.05) is 25.8 Å². The molecule has 0 aliphatic carbocycles. The molecule has 0 aromatic heterocycles. The van der Waals surface area contributed by atoms with Crippen LogP contribution in [0.5, 0.6) is 5.75 Å². The first kappa shape index (κ1) is 13.5. The van der Waals surface area contributed by atoms with Gasteiger partial charge in [-0.2, -0.15) is 0 Å². The molecule has 0 bridgehead atoms. The van der Waals surface area contributed by atoms with E-state index in [1.165, 1.54) is 18.4 Å². The van der Waals surface area contributed by atoms with Crippen LogP contribution in [-0.2, 0) is 6.42 Å². The van der Waals surface area contributed by atoms with E-state index in [4.69, 9.17) is 10.5 Å². The minimum absolute atomic E-state index is 0.264. The molecule has 1 aromatic rings. The number of benzene rings is 1. The Kier molecular flexibility index (Phi) is 5.85. The first-order valence-corrected chi connectivity index (χ1v) is 6.54. The molecule has 0 saturated carbocycles. The molecule has 3 heteroatoms. The predicted octanol–water partition coefficient (Wildman–Crippen LogP) is 3.52. The number of ether oxygens (including phenoxy) is 1. The zero-order valence-corrected chi connectivity index (χ0v) is 11.6. The molecular formula is C13H20BrNO. The minimum atomic E-state index is 0.264. The largest absolute Gasteiger partial charge is 0.496 e. The van der Waals surface area contributed by atoms with Crippen molar-refractivity contribution < 1.29 is 4.74 Å². The third-order valence-corrected chi connectivity index (χ3v) is 3.26. The van der Waals surface area contributed by atoms with Crippen LogP contribution in [0, 0.1) is 0 Å². The van der Waals surface area contributed by atoms with E-state index < -0.39 is 0 Å². The summed E-state index contributed by atoms with van der Waals surface area (Å²) in [6.07, 6.45) is 4.45. The van der Waals surface area contributed by atoms with Crippen molar-refractivity contribution in [1.82, 2.24) is 0 Å². The van der Waals surface area contributed by atoms with Crippen molar-refractivity contribution in [2.24, 2.45) is 5.73 Å². The van der Waals surface area contributed by atoms with E-state index in [1.807, 2.05) is 6.07 Å². The molecule has 2 nitrogen and oxygen atoms in total. The molecule has 90 valence electrons. The first-order chi connectivity index (χ1) is 7.67. The third-order valence-electron chi connectivity index (χ3n) is 2.64. The van der Waals surface area contributed by atoms with Crippen molar-refractivity contribution in [2.45, 2.75) is 38.6 Å². The number of halogens is 1. The second-order valence-electron chi connectivity index (χ2n) is 4.08. The van der Waals surface area contributed by atoms with Crippen LogP contribution in [0.25, 0.3) is 0 Å². The number of hydrogen-bond donors (Lipinski definition) is 1. The lowest BCUT2D eigenvalue weighted by Gasteiger charge is -2.12. The molecule has 1 atom stereocenters. The molecule has 0 amide bonds. The van der Waals surface area contributed by atoms with E-state index in [9.17, 15) is 0 Å². The van der Waals surface area contributed by atoms with E-state index in [1.54, 1.807) is 7.11 Å². The van der Waals surface area contributed by atoms with Crippen LogP contribution in [0.4, 0.5) is 0 Å². The van der Waals surface area contributed by atoms with Crippen molar-refractivity contribution in [3.63, 3.8) is 0 Å². The molecule has 0 heterocycles. The highest BCUT2D eigenvalue weighted by atomic mass is 79.9. The third kappa shape index (κ3) is 4.14. The maximum atomic E-state index is 6.07. The summed E-state index contributed by atoms with van der Waals surface area (Å²) < 4.78 is 6.19. The predicted molar refractivity (Wildman–Crippen MR) is 71.9 cm³/mol. The fourth-order valence-electron chi connectivity index (χ4n) is 1.71. The van der Waals surface area contributed by atoms with E-state index >= 15 is 0 Å². The Balaban J connectivity index is 2.57. The van der Waals surface area contributed by atoms with E-state index in [2.05, 4.69) is 35.0 Å². The van der Waals surface area contributed by atoms with Crippen LogP contribution < -0.4 is 10.5 Å². The average molecular weight is 286 g/mol. The van der Waals surface area contributed by atoms with Crippen LogP contribution >= 0.6 is 15.9 Å². The van der Waals surface area contributed by atoms with Crippen LogP contribution in [0.3, 0.4) is 0 Å². The number of hydrogen-bond acceptors (Lipinski definition) is 2. The van der Waals surface area contributed by atoms with Crippen molar-refractivity contribution in [1.29, 1.82) is 0 Å². The first-order valence-electron chi connectivity index (χ1n) is 5.75. The van der Waals surface area contributed by atoms with E-state index in [0.717, 1.165) is 23.1 Å². The Morgan fingerprint density at radius 1 is 1.44 bits per heavy atom. The normalized spacial score (nSPS) is 12.5. The average Bonchev–Trinajstić information content (AvgIpc) is 2.26. The van der Waals surface area contributed by atoms with Gasteiger partial charge in [-0.15, -0.1) is 0 Å². The summed E-state index contributed by atoms with van der Waals surface area (Å²) in [6, 6.07) is 6.41. The fourth-order valence-corrected chi connectivity index (χ4v) is 2.30. The molecule has 16 heavy (non-hydrogen) atoms. The number of rotatable bonds is 6. The smallest absolute Gasteiger partial charge is 0.133 e. The van der Waals surface area contributed by atoms with Gasteiger partial charge in [0.15, 0.2) is 0 Å². The van der Waals surface area contributed by atoms with Crippen LogP contribution in [0.1, 0.15) is 31.7 Å². The number of nitrogens with two attached hydrogens (primary N) is 1. The van der Waals surface area contributed by atoms with Crippen molar-refractivity contribution in [2.75, 3.05) is 7.11 Å². The van der Waals surface area contributed by atoms with Gasteiger partial charge in [0.1, 0.15) is 5.75 Å². The lowest BCUT2D eigenvalue weighted by atomic mass is 10.0. The lowest BCUT2D eigenvalue weighted by Crippen LogP contribution is -2.22. The summed E-state index contributed by atoms with van der Waals surface area (Å²) in [5, 5.41) is 0. The Hall–Kier alpha value is -0.540. The van der Waals surface area contributed by atoms with Gasteiger partial charge in [0, 0.05) is 6.04 Å². The lowest BCUT2D eigenvalue weighted by molar-refractivity contribution is 0.412. The monoisotopic (exact) mass is 285 g/mol. The van der Waals surface area contributed by atoms with Gasteiger partial charge in [-0.25, -0.2) is 0 Å². The summed E-state index contributed by atoms with van der Waals surface area (Å²) >= 11 is 3.48. The van der Waals surface area contributed by atoms with E-state index in [-0.39, 0.29) is 6.04 Å². The summed E-state index contributed by atoms with van der Waals surface area (Å²) in [4.78, 5) is 0. The molecule has 0 saturated heterocycles. The summed E-state index contributed by atoms with van der Waals surface area (Å²) in [5.74, 6) is 0.867. The minimum Gasteiger partial charge on any atom is -0.496 e. The van der Waals surface area contributed by atoms with Crippen molar-refractivity contribution >= 4 is 15.9 Å². The van der Waals surface area contributed by atoms with Gasteiger partial charge in [0.25, 0.3) is 0 Å². The molecule has 0 spiro atoms. The molecule has 0 aliphatic heterocycles. The Morgan fingerprint density at radius 2 is 2.19 bits per heavy atom. The molecular weight excluding hydrogens is 266 g/mol. The van der Waals surface area contributed by atoms with E-state index in [0.29, 0.717) is 0 Å². The highest BCUT2D eigenvalue weighted by molar-refractivity contribution is 9.10. The second-order valence-corrected chi connectivity index (χ2v) is 4.93. The highest BCUT2D eigenvalue weighted by Crippen LogP contribution is 2.26. The zero-order chi connectivity index (χ0) is 12.0. The SMILES string of the molecule is CCCCC(N)Cc1ccc(OC)c(Br)c1. The van der Waals surface area contributed by atoms with Gasteiger partial charge in [-0.3, -0.25) is 0 Å². The summed E-state index contributed by atoms with van der Waals surface area (Å²) in [5.41, 5.74) is 7.33. The van der Waals surface area contributed by atoms with Crippen LogP contribution in [0.2, 0.25) is 0 Å². The topological polar surface area (TPSA) is 35.2 Å². The highest BCUT2D eigenvalue weighted by Gasteiger charge is 2.06. The van der Waals surface area contributed by atoms with Gasteiger partial charge >= 0.3 is 0 Å².